The highest BCUT2D eigenvalue weighted by Gasteiger charge is 2.21. The zero-order valence-electron chi connectivity index (χ0n) is 14.2. The standard InChI is InChI=1S/C20H17NO6/c22-14-6-7-15-13(10-19(24)27-17(15)11-14)9-18(23)21-16(20(25)26)8-12-4-2-1-3-5-12/h1-7,10-11,16,22H,8-9H2,(H,21,23)(H,25,26). The van der Waals surface area contributed by atoms with E-state index >= 15 is 0 Å². The molecule has 27 heavy (non-hydrogen) atoms. The minimum absolute atomic E-state index is 0.0685. The molecule has 0 fully saturated rings. The second-order valence-corrected chi connectivity index (χ2v) is 6.10. The van der Waals surface area contributed by atoms with Crippen LogP contribution in [0.25, 0.3) is 11.0 Å². The normalized spacial score (nSPS) is 11.9. The lowest BCUT2D eigenvalue weighted by molar-refractivity contribution is -0.141. The van der Waals surface area contributed by atoms with Crippen LogP contribution in [0.15, 0.2) is 63.8 Å². The number of aromatic hydroxyl groups is 1. The Morgan fingerprint density at radius 3 is 2.52 bits per heavy atom. The molecular weight excluding hydrogens is 350 g/mol. The molecule has 3 rings (SSSR count). The Bertz CT molecular complexity index is 1040. The summed E-state index contributed by atoms with van der Waals surface area (Å²) >= 11 is 0. The van der Waals surface area contributed by atoms with E-state index in [0.29, 0.717) is 10.9 Å². The first-order valence-electron chi connectivity index (χ1n) is 8.24. The highest BCUT2D eigenvalue weighted by molar-refractivity contribution is 5.89. The molecule has 0 saturated carbocycles. The minimum atomic E-state index is -1.14. The lowest BCUT2D eigenvalue weighted by Gasteiger charge is -2.15. The molecule has 7 nitrogen and oxygen atoms in total. The van der Waals surface area contributed by atoms with Gasteiger partial charge in [-0.25, -0.2) is 9.59 Å². The number of hydrogen-bond donors (Lipinski definition) is 3. The van der Waals surface area contributed by atoms with Crippen molar-refractivity contribution in [3.05, 3.63) is 76.1 Å². The van der Waals surface area contributed by atoms with Crippen molar-refractivity contribution < 1.29 is 24.2 Å². The topological polar surface area (TPSA) is 117 Å². The maximum atomic E-state index is 12.4. The number of hydrogen-bond acceptors (Lipinski definition) is 5. The molecule has 0 spiro atoms. The molecule has 7 heteroatoms. The molecule has 0 saturated heterocycles. The first-order chi connectivity index (χ1) is 12.9. The van der Waals surface area contributed by atoms with Gasteiger partial charge in [0.15, 0.2) is 0 Å². The number of carboxylic acids is 1. The zero-order chi connectivity index (χ0) is 19.4. The van der Waals surface area contributed by atoms with Crippen LogP contribution in [0.3, 0.4) is 0 Å². The maximum Gasteiger partial charge on any atom is 0.336 e. The van der Waals surface area contributed by atoms with Crippen molar-refractivity contribution in [1.82, 2.24) is 5.32 Å². The number of aliphatic carboxylic acids is 1. The summed E-state index contributed by atoms with van der Waals surface area (Å²) < 4.78 is 5.02. The highest BCUT2D eigenvalue weighted by Crippen LogP contribution is 2.22. The van der Waals surface area contributed by atoms with Crippen molar-refractivity contribution in [2.45, 2.75) is 18.9 Å². The second-order valence-electron chi connectivity index (χ2n) is 6.10. The van der Waals surface area contributed by atoms with Crippen LogP contribution < -0.4 is 10.9 Å². The summed E-state index contributed by atoms with van der Waals surface area (Å²) in [5.74, 6) is -1.74. The summed E-state index contributed by atoms with van der Waals surface area (Å²) in [5.41, 5.74) is 0.674. The molecule has 2 aromatic carbocycles. The lowest BCUT2D eigenvalue weighted by Crippen LogP contribution is -2.43. The molecule has 0 radical (unpaired) electrons. The minimum Gasteiger partial charge on any atom is -0.508 e. The number of rotatable bonds is 6. The Morgan fingerprint density at radius 1 is 1.07 bits per heavy atom. The number of phenolic OH excluding ortho intramolecular Hbond substituents is 1. The maximum absolute atomic E-state index is 12.4. The summed E-state index contributed by atoms with van der Waals surface area (Å²) in [7, 11) is 0. The van der Waals surface area contributed by atoms with E-state index in [9.17, 15) is 24.6 Å². The van der Waals surface area contributed by atoms with E-state index < -0.39 is 23.5 Å². The van der Waals surface area contributed by atoms with Crippen LogP contribution in [0.5, 0.6) is 5.75 Å². The number of nitrogens with one attached hydrogen (secondary N) is 1. The number of amides is 1. The highest BCUT2D eigenvalue weighted by atomic mass is 16.4. The van der Waals surface area contributed by atoms with E-state index in [1.54, 1.807) is 24.3 Å². The Hall–Kier alpha value is -3.61. The monoisotopic (exact) mass is 367 g/mol. The fourth-order valence-corrected chi connectivity index (χ4v) is 2.83. The number of benzene rings is 2. The van der Waals surface area contributed by atoms with Crippen molar-refractivity contribution in [3.63, 3.8) is 0 Å². The molecule has 1 heterocycles. The molecule has 1 atom stereocenters. The van der Waals surface area contributed by atoms with Gasteiger partial charge in [0.2, 0.25) is 5.91 Å². The number of carbonyl (C=O) groups excluding carboxylic acids is 1. The predicted octanol–water partition coefficient (Wildman–Crippen LogP) is 1.85. The number of carboxylic acid groups (broad SMARTS) is 1. The Kier molecular flexibility index (Phi) is 5.21. The van der Waals surface area contributed by atoms with Crippen molar-refractivity contribution in [2.24, 2.45) is 0 Å². The molecule has 3 N–H and O–H groups in total. The fourth-order valence-electron chi connectivity index (χ4n) is 2.83. The molecule has 0 aliphatic carbocycles. The van der Waals surface area contributed by atoms with E-state index in [4.69, 9.17) is 4.42 Å². The van der Waals surface area contributed by atoms with Crippen LogP contribution in [-0.2, 0) is 22.4 Å². The van der Waals surface area contributed by atoms with Gasteiger partial charge in [-0.05, 0) is 23.3 Å². The van der Waals surface area contributed by atoms with Crippen molar-refractivity contribution in [3.8, 4) is 5.75 Å². The zero-order valence-corrected chi connectivity index (χ0v) is 14.2. The third-order valence-electron chi connectivity index (χ3n) is 4.08. The summed E-state index contributed by atoms with van der Waals surface area (Å²) in [4.78, 5) is 35.6. The number of carbonyl (C=O) groups is 2. The first kappa shape index (κ1) is 18.2. The van der Waals surface area contributed by atoms with Crippen LogP contribution >= 0.6 is 0 Å². The smallest absolute Gasteiger partial charge is 0.336 e. The SMILES string of the molecule is O=C(Cc1cc(=O)oc2cc(O)ccc12)NC(Cc1ccccc1)C(=O)O. The molecule has 3 aromatic rings. The molecule has 0 bridgehead atoms. The Morgan fingerprint density at radius 2 is 1.81 bits per heavy atom. The van der Waals surface area contributed by atoms with Gasteiger partial charge in [0.25, 0.3) is 0 Å². The van der Waals surface area contributed by atoms with Gasteiger partial charge in [0.1, 0.15) is 17.4 Å². The lowest BCUT2D eigenvalue weighted by atomic mass is 10.0. The van der Waals surface area contributed by atoms with E-state index in [-0.39, 0.29) is 24.2 Å². The van der Waals surface area contributed by atoms with Crippen molar-refractivity contribution in [1.29, 1.82) is 0 Å². The third kappa shape index (κ3) is 4.52. The first-order valence-corrected chi connectivity index (χ1v) is 8.24. The average Bonchev–Trinajstić information content (AvgIpc) is 2.61. The second kappa shape index (κ2) is 7.74. The number of fused-ring (bicyclic) bond motifs is 1. The van der Waals surface area contributed by atoms with E-state index in [1.807, 2.05) is 6.07 Å². The van der Waals surface area contributed by atoms with Gasteiger partial charge in [-0.3, -0.25) is 4.79 Å². The van der Waals surface area contributed by atoms with Gasteiger partial charge < -0.3 is 19.9 Å². The van der Waals surface area contributed by atoms with Crippen molar-refractivity contribution >= 4 is 22.8 Å². The average molecular weight is 367 g/mol. The van der Waals surface area contributed by atoms with Crippen LogP contribution in [0, 0.1) is 0 Å². The summed E-state index contributed by atoms with van der Waals surface area (Å²) in [6.07, 6.45) is -0.0428. The van der Waals surface area contributed by atoms with Gasteiger partial charge in [-0.1, -0.05) is 30.3 Å². The van der Waals surface area contributed by atoms with E-state index in [1.165, 1.54) is 24.3 Å². The van der Waals surface area contributed by atoms with Gasteiger partial charge in [-0.15, -0.1) is 0 Å². The van der Waals surface area contributed by atoms with Gasteiger partial charge >= 0.3 is 11.6 Å². The molecule has 1 amide bonds. The molecule has 1 aromatic heterocycles. The fraction of sp³-hybridized carbons (Fsp3) is 0.150. The van der Waals surface area contributed by atoms with Crippen LogP contribution in [0.2, 0.25) is 0 Å². The van der Waals surface area contributed by atoms with Gasteiger partial charge in [0.05, 0.1) is 6.42 Å². The molecule has 0 aliphatic heterocycles. The van der Waals surface area contributed by atoms with Crippen LogP contribution in [0.1, 0.15) is 11.1 Å². The number of phenols is 1. The van der Waals surface area contributed by atoms with Crippen LogP contribution in [0.4, 0.5) is 0 Å². The van der Waals surface area contributed by atoms with Crippen molar-refractivity contribution in [2.75, 3.05) is 0 Å². The van der Waals surface area contributed by atoms with Gasteiger partial charge in [-0.2, -0.15) is 0 Å². The van der Waals surface area contributed by atoms with E-state index in [0.717, 1.165) is 5.56 Å². The summed E-state index contributed by atoms with van der Waals surface area (Å²) in [6, 6.07) is 13.3. The van der Waals surface area contributed by atoms with Gasteiger partial charge in [0, 0.05) is 23.9 Å². The molecule has 1 unspecified atom stereocenters. The molecule has 138 valence electrons. The Balaban J connectivity index is 1.79. The van der Waals surface area contributed by atoms with Crippen LogP contribution in [-0.4, -0.2) is 28.1 Å². The largest absolute Gasteiger partial charge is 0.508 e. The molecular formula is C20H17NO6. The molecule has 0 aliphatic rings. The summed E-state index contributed by atoms with van der Waals surface area (Å²) in [5, 5.41) is 21.9. The van der Waals surface area contributed by atoms with E-state index in [2.05, 4.69) is 5.32 Å². The quantitative estimate of drug-likeness (QED) is 0.573. The Labute approximate surface area is 153 Å². The third-order valence-corrected chi connectivity index (χ3v) is 4.08. The summed E-state index contributed by atoms with van der Waals surface area (Å²) in [6.45, 7) is 0. The predicted molar refractivity (Wildman–Crippen MR) is 97.6 cm³/mol.